The van der Waals surface area contributed by atoms with E-state index < -0.39 is 6.10 Å². The number of anilines is 1. The predicted octanol–water partition coefficient (Wildman–Crippen LogP) is 2.88. The molecule has 0 amide bonds. The molecule has 0 bridgehead atoms. The first-order valence-electron chi connectivity index (χ1n) is 7.54. The second kappa shape index (κ2) is 6.91. The summed E-state index contributed by atoms with van der Waals surface area (Å²) >= 11 is 0. The van der Waals surface area contributed by atoms with Gasteiger partial charge in [-0.25, -0.2) is 4.98 Å². The molecule has 0 aliphatic heterocycles. The van der Waals surface area contributed by atoms with Crippen LogP contribution in [-0.4, -0.2) is 27.4 Å². The number of ether oxygens (including phenoxy) is 1. The zero-order valence-corrected chi connectivity index (χ0v) is 13.0. The zero-order chi connectivity index (χ0) is 15.4. The molecular formula is C16H25N3O2. The molecule has 0 saturated carbocycles. The summed E-state index contributed by atoms with van der Waals surface area (Å²) in [4.78, 5) is 4.50. The summed E-state index contributed by atoms with van der Waals surface area (Å²) in [5, 5.41) is 9.91. The fourth-order valence-electron chi connectivity index (χ4n) is 2.41. The molecule has 1 aromatic carbocycles. The highest BCUT2D eigenvalue weighted by molar-refractivity contribution is 5.79. The number of hydrogen-bond donors (Lipinski definition) is 2. The summed E-state index contributed by atoms with van der Waals surface area (Å²) in [6, 6.07) is 5.68. The predicted molar refractivity (Wildman–Crippen MR) is 85.1 cm³/mol. The molecule has 1 unspecified atom stereocenters. The summed E-state index contributed by atoms with van der Waals surface area (Å²) in [6.45, 7) is 7.41. The molecule has 0 aliphatic carbocycles. The number of aromatic nitrogens is 2. The Morgan fingerprint density at radius 1 is 1.29 bits per heavy atom. The second-order valence-corrected chi connectivity index (χ2v) is 5.67. The van der Waals surface area contributed by atoms with Crippen LogP contribution in [0.4, 0.5) is 5.69 Å². The molecule has 0 saturated heterocycles. The number of imidazole rings is 1. The molecule has 1 aromatic heterocycles. The van der Waals surface area contributed by atoms with Crippen LogP contribution in [0.1, 0.15) is 45.5 Å². The van der Waals surface area contributed by atoms with Gasteiger partial charge in [0.05, 0.1) is 17.1 Å². The van der Waals surface area contributed by atoms with Gasteiger partial charge in [-0.3, -0.25) is 0 Å². The van der Waals surface area contributed by atoms with Crippen LogP contribution in [0.25, 0.3) is 11.0 Å². The van der Waals surface area contributed by atoms with Gasteiger partial charge in [0.15, 0.2) is 0 Å². The number of nitrogens with two attached hydrogens (primary N) is 1. The smallest absolute Gasteiger partial charge is 0.138 e. The van der Waals surface area contributed by atoms with E-state index in [4.69, 9.17) is 10.5 Å². The highest BCUT2D eigenvalue weighted by atomic mass is 16.5. The Kier molecular flexibility index (Phi) is 5.20. The van der Waals surface area contributed by atoms with E-state index in [2.05, 4.69) is 9.55 Å². The van der Waals surface area contributed by atoms with Crippen LogP contribution in [0.15, 0.2) is 18.2 Å². The lowest BCUT2D eigenvalue weighted by molar-refractivity contribution is 0.0753. The lowest BCUT2D eigenvalue weighted by Crippen LogP contribution is -2.09. The van der Waals surface area contributed by atoms with Crippen LogP contribution in [-0.2, 0) is 11.3 Å². The molecule has 1 heterocycles. The normalized spacial score (nSPS) is 13.2. The lowest BCUT2D eigenvalue weighted by atomic mass is 10.2. The molecule has 0 radical (unpaired) electrons. The number of aryl methyl sites for hydroxylation is 1. The number of hydrogen-bond acceptors (Lipinski definition) is 4. The Bertz CT molecular complexity index is 590. The van der Waals surface area contributed by atoms with Crippen LogP contribution in [0.5, 0.6) is 0 Å². The van der Waals surface area contributed by atoms with Gasteiger partial charge < -0.3 is 20.1 Å². The average Bonchev–Trinajstić information content (AvgIpc) is 2.76. The number of aliphatic hydroxyl groups excluding tert-OH is 1. The standard InChI is InChI=1S/C16H25N3O2/c1-11(2)21-9-5-4-8-19-15-7-6-13(17)10-14(15)18-16(19)12(3)20/h6-7,10-12,20H,4-5,8-9,17H2,1-3H3. The van der Waals surface area contributed by atoms with Gasteiger partial charge in [-0.05, 0) is 51.8 Å². The summed E-state index contributed by atoms with van der Waals surface area (Å²) in [5.41, 5.74) is 8.34. The third kappa shape index (κ3) is 3.95. The van der Waals surface area contributed by atoms with Crippen molar-refractivity contribution in [1.82, 2.24) is 9.55 Å². The molecule has 1 atom stereocenters. The zero-order valence-electron chi connectivity index (χ0n) is 13.0. The fourth-order valence-corrected chi connectivity index (χ4v) is 2.41. The van der Waals surface area contributed by atoms with Crippen molar-refractivity contribution in [3.8, 4) is 0 Å². The first-order valence-corrected chi connectivity index (χ1v) is 7.54. The van der Waals surface area contributed by atoms with Crippen molar-refractivity contribution >= 4 is 16.7 Å². The van der Waals surface area contributed by atoms with E-state index in [1.165, 1.54) is 0 Å². The number of unbranched alkanes of at least 4 members (excludes halogenated alkanes) is 1. The number of fused-ring (bicyclic) bond motifs is 1. The summed E-state index contributed by atoms with van der Waals surface area (Å²) < 4.78 is 7.63. The van der Waals surface area contributed by atoms with E-state index in [1.807, 2.05) is 32.0 Å². The molecule has 21 heavy (non-hydrogen) atoms. The van der Waals surface area contributed by atoms with Crippen molar-refractivity contribution in [3.05, 3.63) is 24.0 Å². The molecule has 0 fully saturated rings. The minimum atomic E-state index is -0.592. The number of aliphatic hydroxyl groups is 1. The van der Waals surface area contributed by atoms with Gasteiger partial charge in [-0.1, -0.05) is 0 Å². The van der Waals surface area contributed by atoms with Gasteiger partial charge in [-0.2, -0.15) is 0 Å². The molecule has 5 heteroatoms. The van der Waals surface area contributed by atoms with Crippen molar-refractivity contribution in [3.63, 3.8) is 0 Å². The Balaban J connectivity index is 2.11. The van der Waals surface area contributed by atoms with Crippen LogP contribution in [0.3, 0.4) is 0 Å². The first-order chi connectivity index (χ1) is 9.99. The SMILES string of the molecule is CC(C)OCCCCn1c(C(C)O)nc2cc(N)ccc21. The van der Waals surface area contributed by atoms with Gasteiger partial charge in [0, 0.05) is 18.8 Å². The number of benzene rings is 1. The maximum atomic E-state index is 9.91. The third-order valence-electron chi connectivity index (χ3n) is 3.40. The summed E-state index contributed by atoms with van der Waals surface area (Å²) in [5.74, 6) is 0.695. The van der Waals surface area contributed by atoms with Crippen molar-refractivity contribution in [1.29, 1.82) is 0 Å². The maximum absolute atomic E-state index is 9.91. The van der Waals surface area contributed by atoms with E-state index in [0.717, 1.165) is 37.0 Å². The molecule has 3 N–H and O–H groups in total. The number of nitrogens with zero attached hydrogens (tertiary/aromatic N) is 2. The maximum Gasteiger partial charge on any atom is 0.138 e. The fraction of sp³-hybridized carbons (Fsp3) is 0.562. The van der Waals surface area contributed by atoms with Crippen LogP contribution in [0, 0.1) is 0 Å². The first kappa shape index (κ1) is 15.8. The molecule has 116 valence electrons. The Morgan fingerprint density at radius 2 is 2.05 bits per heavy atom. The lowest BCUT2D eigenvalue weighted by Gasteiger charge is -2.11. The largest absolute Gasteiger partial charge is 0.399 e. The Hall–Kier alpha value is -1.59. The molecule has 0 aliphatic rings. The quantitative estimate of drug-likeness (QED) is 0.607. The van der Waals surface area contributed by atoms with Gasteiger partial charge in [-0.15, -0.1) is 0 Å². The third-order valence-corrected chi connectivity index (χ3v) is 3.40. The van der Waals surface area contributed by atoms with E-state index in [1.54, 1.807) is 6.92 Å². The van der Waals surface area contributed by atoms with E-state index in [9.17, 15) is 5.11 Å². The van der Waals surface area contributed by atoms with E-state index in [0.29, 0.717) is 11.5 Å². The van der Waals surface area contributed by atoms with Gasteiger partial charge in [0.25, 0.3) is 0 Å². The topological polar surface area (TPSA) is 73.3 Å². The minimum Gasteiger partial charge on any atom is -0.399 e. The highest BCUT2D eigenvalue weighted by Crippen LogP contribution is 2.23. The monoisotopic (exact) mass is 291 g/mol. The molecule has 2 rings (SSSR count). The highest BCUT2D eigenvalue weighted by Gasteiger charge is 2.14. The number of rotatable bonds is 7. The van der Waals surface area contributed by atoms with Crippen LogP contribution < -0.4 is 5.73 Å². The van der Waals surface area contributed by atoms with Crippen molar-refractivity contribution in [2.24, 2.45) is 0 Å². The van der Waals surface area contributed by atoms with Crippen molar-refractivity contribution in [2.75, 3.05) is 12.3 Å². The van der Waals surface area contributed by atoms with Crippen molar-refractivity contribution < 1.29 is 9.84 Å². The van der Waals surface area contributed by atoms with Crippen LogP contribution in [0.2, 0.25) is 0 Å². The van der Waals surface area contributed by atoms with Gasteiger partial charge in [0.2, 0.25) is 0 Å². The molecule has 5 nitrogen and oxygen atoms in total. The Morgan fingerprint density at radius 3 is 2.71 bits per heavy atom. The van der Waals surface area contributed by atoms with Gasteiger partial charge in [0.1, 0.15) is 11.9 Å². The average molecular weight is 291 g/mol. The minimum absolute atomic E-state index is 0.273. The van der Waals surface area contributed by atoms with Crippen LogP contribution >= 0.6 is 0 Å². The van der Waals surface area contributed by atoms with Crippen molar-refractivity contribution in [2.45, 2.75) is 52.4 Å². The Labute approximate surface area is 125 Å². The van der Waals surface area contributed by atoms with E-state index in [-0.39, 0.29) is 6.10 Å². The van der Waals surface area contributed by atoms with E-state index >= 15 is 0 Å². The summed E-state index contributed by atoms with van der Waals surface area (Å²) in [6.07, 6.45) is 1.66. The van der Waals surface area contributed by atoms with Gasteiger partial charge >= 0.3 is 0 Å². The molecule has 0 spiro atoms. The number of nitrogen functional groups attached to an aromatic ring is 1. The molecular weight excluding hydrogens is 266 g/mol. The summed E-state index contributed by atoms with van der Waals surface area (Å²) in [7, 11) is 0. The molecule has 2 aromatic rings. The second-order valence-electron chi connectivity index (χ2n) is 5.67.